The fourth-order valence-electron chi connectivity index (χ4n) is 0.248. The number of carbonyl (C=O) groups is 2. The molecule has 0 aromatic heterocycles. The highest BCUT2D eigenvalue weighted by Gasteiger charge is 2.14. The monoisotopic (exact) mass is 129 g/mol. The lowest BCUT2D eigenvalue weighted by Crippen LogP contribution is -2.27. The quantitative estimate of drug-likeness (QED) is 0.505. The van der Waals surface area contributed by atoms with Gasteiger partial charge < -0.3 is 9.59 Å². The van der Waals surface area contributed by atoms with Gasteiger partial charge in [-0.3, -0.25) is 0 Å². The molecule has 0 saturated carbocycles. The number of hydrogen-bond acceptors (Lipinski definition) is 2. The van der Waals surface area contributed by atoms with Crippen molar-refractivity contribution in [2.45, 2.75) is 20.4 Å². The minimum absolute atomic E-state index is 0.0440. The SMILES string of the molecule is CC(=O)[Si](C)C(C)=O. The molecule has 0 amide bonds. The smallest absolute Gasteiger partial charge is 0.212 e. The van der Waals surface area contributed by atoms with E-state index in [0.29, 0.717) is 0 Å². The summed E-state index contributed by atoms with van der Waals surface area (Å²) in [5.41, 5.74) is 0. The van der Waals surface area contributed by atoms with Gasteiger partial charge in [0.1, 0.15) is 10.8 Å². The van der Waals surface area contributed by atoms with E-state index < -0.39 is 8.80 Å². The number of hydrogen-bond donors (Lipinski definition) is 0. The molecule has 0 saturated heterocycles. The largest absolute Gasteiger partial charge is 0.305 e. The zero-order valence-electron chi connectivity index (χ0n) is 5.32. The Kier molecular flexibility index (Phi) is 2.61. The van der Waals surface area contributed by atoms with Crippen LogP contribution in [0.5, 0.6) is 0 Å². The highest BCUT2D eigenvalue weighted by molar-refractivity contribution is 7.09. The van der Waals surface area contributed by atoms with E-state index in [1.54, 1.807) is 6.55 Å². The van der Waals surface area contributed by atoms with E-state index in [1.807, 2.05) is 0 Å². The van der Waals surface area contributed by atoms with Crippen LogP contribution in [0.4, 0.5) is 0 Å². The Morgan fingerprint density at radius 1 is 1.12 bits per heavy atom. The molecule has 0 aromatic rings. The molecule has 3 heteroatoms. The van der Waals surface area contributed by atoms with Crippen molar-refractivity contribution in [3.05, 3.63) is 0 Å². The molecule has 0 spiro atoms. The van der Waals surface area contributed by atoms with E-state index in [2.05, 4.69) is 0 Å². The van der Waals surface area contributed by atoms with Gasteiger partial charge in [-0.1, -0.05) is 6.55 Å². The van der Waals surface area contributed by atoms with E-state index in [-0.39, 0.29) is 10.8 Å². The van der Waals surface area contributed by atoms with Crippen LogP contribution in [0.1, 0.15) is 13.8 Å². The summed E-state index contributed by atoms with van der Waals surface area (Å²) in [6.07, 6.45) is 0. The van der Waals surface area contributed by atoms with Crippen molar-refractivity contribution in [2.24, 2.45) is 0 Å². The van der Waals surface area contributed by atoms with E-state index in [1.165, 1.54) is 13.8 Å². The lowest BCUT2D eigenvalue weighted by molar-refractivity contribution is -0.113. The maximum atomic E-state index is 10.4. The van der Waals surface area contributed by atoms with Gasteiger partial charge in [0.25, 0.3) is 0 Å². The second-order valence-electron chi connectivity index (χ2n) is 1.74. The summed E-state index contributed by atoms with van der Waals surface area (Å²) >= 11 is 0. The van der Waals surface area contributed by atoms with Crippen LogP contribution in [-0.2, 0) is 9.59 Å². The first-order chi connectivity index (χ1) is 3.55. The first kappa shape index (κ1) is 7.56. The summed E-state index contributed by atoms with van der Waals surface area (Å²) in [7, 11) is -1.30. The minimum Gasteiger partial charge on any atom is -0.305 e. The molecule has 0 aliphatic carbocycles. The van der Waals surface area contributed by atoms with Gasteiger partial charge in [-0.2, -0.15) is 0 Å². The number of rotatable bonds is 2. The van der Waals surface area contributed by atoms with Crippen molar-refractivity contribution in [1.82, 2.24) is 0 Å². The molecule has 2 nitrogen and oxygen atoms in total. The number of carbonyl (C=O) groups excluding carboxylic acids is 2. The summed E-state index contributed by atoms with van der Waals surface area (Å²) in [6, 6.07) is 0. The summed E-state index contributed by atoms with van der Waals surface area (Å²) in [4.78, 5) is 20.8. The van der Waals surface area contributed by atoms with Gasteiger partial charge in [-0.15, -0.1) is 0 Å². The third kappa shape index (κ3) is 2.02. The van der Waals surface area contributed by atoms with Gasteiger partial charge >= 0.3 is 0 Å². The predicted molar refractivity (Wildman–Crippen MR) is 33.0 cm³/mol. The highest BCUT2D eigenvalue weighted by atomic mass is 28.3. The molecule has 8 heavy (non-hydrogen) atoms. The van der Waals surface area contributed by atoms with Crippen LogP contribution < -0.4 is 0 Å². The van der Waals surface area contributed by atoms with Gasteiger partial charge in [0.05, 0.1) is 0 Å². The molecule has 0 fully saturated rings. The van der Waals surface area contributed by atoms with Gasteiger partial charge in [-0.25, -0.2) is 0 Å². The predicted octanol–water partition coefficient (Wildman–Crippen LogP) is 0.367. The average Bonchev–Trinajstić information content (AvgIpc) is 1.64. The molecule has 0 atom stereocenters. The standard InChI is InChI=1S/C5H9O2Si/c1-4(6)8(3)5(2)7/h1-3H3. The molecule has 0 N–H and O–H groups in total. The van der Waals surface area contributed by atoms with Crippen molar-refractivity contribution < 1.29 is 9.59 Å². The van der Waals surface area contributed by atoms with Crippen molar-refractivity contribution in [1.29, 1.82) is 0 Å². The molecular formula is C5H9O2Si. The third-order valence-electron chi connectivity index (χ3n) is 1.06. The summed E-state index contributed by atoms with van der Waals surface area (Å²) in [5.74, 6) is 0. The van der Waals surface area contributed by atoms with Crippen LogP contribution in [0.15, 0.2) is 0 Å². The molecule has 0 rings (SSSR count). The molecule has 0 aliphatic heterocycles. The van der Waals surface area contributed by atoms with Crippen molar-refractivity contribution >= 4 is 19.6 Å². The van der Waals surface area contributed by atoms with Crippen LogP contribution in [0.25, 0.3) is 0 Å². The van der Waals surface area contributed by atoms with E-state index in [4.69, 9.17) is 0 Å². The first-order valence-electron chi connectivity index (χ1n) is 2.41. The summed E-state index contributed by atoms with van der Waals surface area (Å²) < 4.78 is 0. The molecule has 0 bridgehead atoms. The van der Waals surface area contributed by atoms with Crippen LogP contribution in [0.3, 0.4) is 0 Å². The highest BCUT2D eigenvalue weighted by Crippen LogP contribution is 1.83. The topological polar surface area (TPSA) is 34.1 Å². The first-order valence-corrected chi connectivity index (χ1v) is 4.41. The van der Waals surface area contributed by atoms with E-state index >= 15 is 0 Å². The Morgan fingerprint density at radius 3 is 1.38 bits per heavy atom. The summed E-state index contributed by atoms with van der Waals surface area (Å²) in [6.45, 7) is 4.65. The Morgan fingerprint density at radius 2 is 1.38 bits per heavy atom. The maximum Gasteiger partial charge on any atom is 0.212 e. The lowest BCUT2D eigenvalue weighted by Gasteiger charge is -1.94. The van der Waals surface area contributed by atoms with E-state index in [9.17, 15) is 9.59 Å². The minimum atomic E-state index is -1.30. The molecule has 1 radical (unpaired) electrons. The van der Waals surface area contributed by atoms with Crippen molar-refractivity contribution in [3.63, 3.8) is 0 Å². The summed E-state index contributed by atoms with van der Waals surface area (Å²) in [5, 5.41) is 0.0880. The van der Waals surface area contributed by atoms with Crippen LogP contribution in [-0.4, -0.2) is 19.6 Å². The Labute approximate surface area is 50.5 Å². The van der Waals surface area contributed by atoms with Crippen molar-refractivity contribution in [3.8, 4) is 0 Å². The van der Waals surface area contributed by atoms with Crippen LogP contribution >= 0.6 is 0 Å². The average molecular weight is 129 g/mol. The zero-order valence-corrected chi connectivity index (χ0v) is 6.32. The van der Waals surface area contributed by atoms with Gasteiger partial charge in [0.15, 0.2) is 0 Å². The fraction of sp³-hybridized carbons (Fsp3) is 0.600. The zero-order chi connectivity index (χ0) is 6.73. The second-order valence-corrected chi connectivity index (χ2v) is 4.40. The second kappa shape index (κ2) is 2.77. The van der Waals surface area contributed by atoms with Gasteiger partial charge in [0, 0.05) is 0 Å². The Balaban J connectivity index is 3.83. The molecule has 0 heterocycles. The normalized spacial score (nSPS) is 9.50. The van der Waals surface area contributed by atoms with Gasteiger partial charge in [-0.05, 0) is 13.8 Å². The molecule has 0 aliphatic rings. The Hall–Kier alpha value is -0.443. The molecule has 0 unspecified atom stereocenters. The molecule has 0 aromatic carbocycles. The van der Waals surface area contributed by atoms with Crippen molar-refractivity contribution in [2.75, 3.05) is 0 Å². The fourth-order valence-corrected chi connectivity index (χ4v) is 0.744. The molecule has 45 valence electrons. The Bertz CT molecular complexity index is 106. The van der Waals surface area contributed by atoms with Crippen LogP contribution in [0.2, 0.25) is 6.55 Å². The third-order valence-corrected chi connectivity index (χ3v) is 3.17. The maximum absolute atomic E-state index is 10.4. The van der Waals surface area contributed by atoms with Crippen LogP contribution in [0, 0.1) is 0 Å². The van der Waals surface area contributed by atoms with Gasteiger partial charge in [0.2, 0.25) is 8.80 Å². The van der Waals surface area contributed by atoms with E-state index in [0.717, 1.165) is 0 Å². The lowest BCUT2D eigenvalue weighted by atomic mass is 10.9. The molecular weight excluding hydrogens is 120 g/mol.